The third-order valence-corrected chi connectivity index (χ3v) is 9.59. The maximum Gasteiger partial charge on any atom is 0.244 e. The molecule has 8 nitrogen and oxygen atoms in total. The standard InChI is InChI=1S/C21H26ClN3O5S2/c1-16-4-2-3-5-18(16)30-10-8-24-32(28,29)19-12-17(22)13-23-20(19)25-9-6-21(14-25)7-11-31(26,27)15-21/h2-5,12-13,24H,6-11,14-15H2,1H3. The van der Waals surface area contributed by atoms with Crippen molar-refractivity contribution in [3.05, 3.63) is 47.1 Å². The summed E-state index contributed by atoms with van der Waals surface area (Å²) in [5.41, 5.74) is 0.629. The number of nitrogens with one attached hydrogen (secondary N) is 1. The zero-order valence-electron chi connectivity index (χ0n) is 17.8. The minimum absolute atomic E-state index is 0.0150. The van der Waals surface area contributed by atoms with E-state index in [-0.39, 0.29) is 40.0 Å². The second-order valence-electron chi connectivity index (χ2n) is 8.50. The van der Waals surface area contributed by atoms with Crippen molar-refractivity contribution in [3.8, 4) is 5.75 Å². The van der Waals surface area contributed by atoms with Crippen LogP contribution in [0, 0.1) is 12.3 Å². The minimum atomic E-state index is -3.91. The average molecular weight is 500 g/mol. The maximum atomic E-state index is 13.1. The summed E-state index contributed by atoms with van der Waals surface area (Å²) in [5, 5.41) is 0.211. The van der Waals surface area contributed by atoms with E-state index in [1.54, 1.807) is 0 Å². The minimum Gasteiger partial charge on any atom is -0.492 e. The Kier molecular flexibility index (Phi) is 6.41. The van der Waals surface area contributed by atoms with Gasteiger partial charge in [-0.15, -0.1) is 0 Å². The number of nitrogens with zero attached hydrogens (tertiary/aromatic N) is 2. The molecule has 0 radical (unpaired) electrons. The molecule has 2 aliphatic heterocycles. The Balaban J connectivity index is 1.47. The fraction of sp³-hybridized carbons (Fsp3) is 0.476. The van der Waals surface area contributed by atoms with Gasteiger partial charge in [0.15, 0.2) is 9.84 Å². The molecule has 0 amide bonds. The number of hydrogen-bond donors (Lipinski definition) is 1. The Bertz CT molecular complexity index is 1220. The highest BCUT2D eigenvalue weighted by Gasteiger charge is 2.47. The van der Waals surface area contributed by atoms with Crippen molar-refractivity contribution >= 4 is 37.3 Å². The summed E-state index contributed by atoms with van der Waals surface area (Å²) >= 11 is 6.07. The molecular formula is C21H26ClN3O5S2. The molecule has 2 saturated heterocycles. The van der Waals surface area contributed by atoms with Gasteiger partial charge in [-0.3, -0.25) is 0 Å². The number of pyridine rings is 1. The van der Waals surface area contributed by atoms with E-state index in [0.29, 0.717) is 37.5 Å². The number of para-hydroxylation sites is 1. The van der Waals surface area contributed by atoms with Crippen molar-refractivity contribution in [1.29, 1.82) is 0 Å². The molecule has 1 aromatic carbocycles. The van der Waals surface area contributed by atoms with Gasteiger partial charge in [0.05, 0.1) is 16.5 Å². The molecule has 3 heterocycles. The number of aryl methyl sites for hydroxylation is 1. The van der Waals surface area contributed by atoms with Crippen LogP contribution < -0.4 is 14.4 Å². The lowest BCUT2D eigenvalue weighted by molar-refractivity contribution is 0.320. The summed E-state index contributed by atoms with van der Waals surface area (Å²) in [6, 6.07) is 8.89. The predicted molar refractivity (Wildman–Crippen MR) is 124 cm³/mol. The quantitative estimate of drug-likeness (QED) is 0.583. The summed E-state index contributed by atoms with van der Waals surface area (Å²) in [7, 11) is -6.95. The van der Waals surface area contributed by atoms with Gasteiger partial charge >= 0.3 is 0 Å². The second kappa shape index (κ2) is 8.81. The van der Waals surface area contributed by atoms with Gasteiger partial charge in [-0.05, 0) is 37.5 Å². The molecule has 1 atom stereocenters. The van der Waals surface area contributed by atoms with Gasteiger partial charge in [0.2, 0.25) is 10.0 Å². The number of hydrogen-bond acceptors (Lipinski definition) is 7. The first-order chi connectivity index (χ1) is 15.1. The van der Waals surface area contributed by atoms with E-state index in [2.05, 4.69) is 9.71 Å². The zero-order valence-corrected chi connectivity index (χ0v) is 20.1. The summed E-state index contributed by atoms with van der Waals surface area (Å²) in [4.78, 5) is 6.14. The SMILES string of the molecule is Cc1ccccc1OCCNS(=O)(=O)c1cc(Cl)cnc1N1CCC2(CCS(=O)(=O)C2)C1. The summed E-state index contributed by atoms with van der Waals surface area (Å²) in [6.45, 7) is 3.16. The Hall–Kier alpha value is -1.88. The Morgan fingerprint density at radius 2 is 2.06 bits per heavy atom. The monoisotopic (exact) mass is 499 g/mol. The molecule has 11 heteroatoms. The molecule has 2 aliphatic rings. The van der Waals surface area contributed by atoms with Crippen LogP contribution in [0.4, 0.5) is 5.82 Å². The van der Waals surface area contributed by atoms with E-state index in [9.17, 15) is 16.8 Å². The summed E-state index contributed by atoms with van der Waals surface area (Å²) < 4.78 is 58.4. The van der Waals surface area contributed by atoms with E-state index >= 15 is 0 Å². The highest BCUT2D eigenvalue weighted by Crippen LogP contribution is 2.43. The van der Waals surface area contributed by atoms with Gasteiger partial charge in [-0.2, -0.15) is 0 Å². The average Bonchev–Trinajstić information content (AvgIpc) is 3.28. The molecule has 1 aromatic heterocycles. The molecular weight excluding hydrogens is 474 g/mol. The van der Waals surface area contributed by atoms with Gasteiger partial charge in [-0.25, -0.2) is 26.5 Å². The number of rotatable bonds is 7. The zero-order chi connectivity index (χ0) is 23.0. The number of ether oxygens (including phenoxy) is 1. The smallest absolute Gasteiger partial charge is 0.244 e. The van der Waals surface area contributed by atoms with Gasteiger partial charge in [0, 0.05) is 31.2 Å². The van der Waals surface area contributed by atoms with Crippen molar-refractivity contribution in [2.45, 2.75) is 24.7 Å². The van der Waals surface area contributed by atoms with Crippen LogP contribution in [0.1, 0.15) is 18.4 Å². The molecule has 1 unspecified atom stereocenters. The van der Waals surface area contributed by atoms with Crippen LogP contribution in [0.5, 0.6) is 5.75 Å². The molecule has 32 heavy (non-hydrogen) atoms. The second-order valence-corrected chi connectivity index (χ2v) is 12.9. The number of benzene rings is 1. The van der Waals surface area contributed by atoms with Gasteiger partial charge in [0.1, 0.15) is 23.1 Å². The third-order valence-electron chi connectivity index (χ3n) is 6.04. The van der Waals surface area contributed by atoms with Gasteiger partial charge < -0.3 is 9.64 Å². The predicted octanol–water partition coefficient (Wildman–Crippen LogP) is 2.42. The van der Waals surface area contributed by atoms with Crippen molar-refractivity contribution in [2.24, 2.45) is 5.41 Å². The van der Waals surface area contributed by atoms with Crippen LogP contribution in [0.25, 0.3) is 0 Å². The van der Waals surface area contributed by atoms with Crippen LogP contribution in [-0.2, 0) is 19.9 Å². The normalized spacial score (nSPS) is 22.5. The number of sulfonamides is 1. The van der Waals surface area contributed by atoms with Crippen molar-refractivity contribution in [3.63, 3.8) is 0 Å². The highest BCUT2D eigenvalue weighted by molar-refractivity contribution is 7.91. The van der Waals surface area contributed by atoms with Crippen molar-refractivity contribution in [1.82, 2.24) is 9.71 Å². The molecule has 174 valence electrons. The van der Waals surface area contributed by atoms with Crippen molar-refractivity contribution in [2.75, 3.05) is 42.6 Å². The molecule has 2 aromatic rings. The summed E-state index contributed by atoms with van der Waals surface area (Å²) in [5.74, 6) is 1.32. The first kappa shape index (κ1) is 23.3. The molecule has 0 bridgehead atoms. The Morgan fingerprint density at radius 3 is 2.78 bits per heavy atom. The molecule has 0 aliphatic carbocycles. The lowest BCUT2D eigenvalue weighted by atomic mass is 9.87. The Morgan fingerprint density at radius 1 is 1.28 bits per heavy atom. The van der Waals surface area contributed by atoms with Crippen molar-refractivity contribution < 1.29 is 21.6 Å². The molecule has 0 saturated carbocycles. The van der Waals surface area contributed by atoms with Gasteiger partial charge in [-0.1, -0.05) is 29.8 Å². The first-order valence-corrected chi connectivity index (χ1v) is 14.1. The number of anilines is 1. The number of halogens is 1. The van der Waals surface area contributed by atoms with Crippen LogP contribution in [0.2, 0.25) is 5.02 Å². The molecule has 1 spiro atoms. The van der Waals surface area contributed by atoms with E-state index < -0.39 is 19.9 Å². The van der Waals surface area contributed by atoms with E-state index in [1.807, 2.05) is 36.1 Å². The van der Waals surface area contributed by atoms with E-state index in [1.165, 1.54) is 12.3 Å². The lowest BCUT2D eigenvalue weighted by Gasteiger charge is -2.24. The molecule has 1 N–H and O–H groups in total. The van der Waals surface area contributed by atoms with Crippen LogP contribution in [0.3, 0.4) is 0 Å². The highest BCUT2D eigenvalue weighted by atomic mass is 35.5. The number of aromatic nitrogens is 1. The largest absolute Gasteiger partial charge is 0.492 e. The maximum absolute atomic E-state index is 13.1. The Labute approximate surface area is 193 Å². The van der Waals surface area contributed by atoms with E-state index in [0.717, 1.165) is 5.56 Å². The third kappa shape index (κ3) is 5.03. The van der Waals surface area contributed by atoms with Crippen LogP contribution >= 0.6 is 11.6 Å². The molecule has 4 rings (SSSR count). The fourth-order valence-corrected chi connectivity index (χ4v) is 8.04. The lowest BCUT2D eigenvalue weighted by Crippen LogP contribution is -2.32. The summed E-state index contributed by atoms with van der Waals surface area (Å²) in [6.07, 6.45) is 2.69. The van der Waals surface area contributed by atoms with Crippen LogP contribution in [0.15, 0.2) is 41.4 Å². The first-order valence-electron chi connectivity index (χ1n) is 10.4. The number of sulfone groups is 1. The fourth-order valence-electron chi connectivity index (χ4n) is 4.40. The topological polar surface area (TPSA) is 106 Å². The van der Waals surface area contributed by atoms with Gasteiger partial charge in [0.25, 0.3) is 0 Å². The molecule has 2 fully saturated rings. The van der Waals surface area contributed by atoms with E-state index in [4.69, 9.17) is 16.3 Å². The van der Waals surface area contributed by atoms with Crippen LogP contribution in [-0.4, -0.2) is 59.6 Å².